The van der Waals surface area contributed by atoms with Gasteiger partial charge in [0.2, 0.25) is 5.79 Å². The second kappa shape index (κ2) is 5.73. The third kappa shape index (κ3) is 2.39. The quantitative estimate of drug-likeness (QED) is 0.555. The van der Waals surface area contributed by atoms with Gasteiger partial charge in [-0.1, -0.05) is 32.9 Å². The standard InChI is InChI=1S/C24H36O5/c1-20(2,3)9-6-10-22-12-17(25)24(28-13-22,29-21(4,5)27)23-16(22)11-14-7-8-15(18(14)23)19(23)26/h6,10,14-18,25,27H,7-9,11-13H2,1-5H3/b10-6-/t14?,15?,16-,17-,18-,22+,23+,24-/m0/s1. The number of Topliss-reactive ketones (excluding diaryl/α,β-unsaturated/α-hetero) is 1. The predicted molar refractivity (Wildman–Crippen MR) is 108 cm³/mol. The molecule has 0 aromatic heterocycles. The van der Waals surface area contributed by atoms with E-state index in [0.29, 0.717) is 18.9 Å². The Morgan fingerprint density at radius 2 is 1.97 bits per heavy atom. The number of carbonyl (C=O) groups excluding carboxylic acids is 1. The van der Waals surface area contributed by atoms with E-state index in [9.17, 15) is 15.0 Å². The molecule has 6 aliphatic rings. The highest BCUT2D eigenvalue weighted by Gasteiger charge is 2.88. The molecule has 2 bridgehead atoms. The second-order valence-electron chi connectivity index (χ2n) is 12.1. The molecular formula is C24H36O5. The smallest absolute Gasteiger partial charge is 0.210 e. The van der Waals surface area contributed by atoms with Crippen LogP contribution in [0.2, 0.25) is 0 Å². The molecule has 4 saturated carbocycles. The lowest BCUT2D eigenvalue weighted by molar-refractivity contribution is -0.460. The van der Waals surface area contributed by atoms with E-state index in [-0.39, 0.29) is 34.4 Å². The minimum atomic E-state index is -1.48. The maximum atomic E-state index is 13.7. The number of fused-ring (bicyclic) bond motifs is 2. The molecule has 6 fully saturated rings. The molecule has 0 aromatic carbocycles. The van der Waals surface area contributed by atoms with E-state index in [0.717, 1.165) is 25.7 Å². The number of carbonyl (C=O) groups is 1. The Morgan fingerprint density at radius 3 is 2.59 bits per heavy atom. The van der Waals surface area contributed by atoms with Crippen molar-refractivity contribution in [3.63, 3.8) is 0 Å². The fourth-order valence-corrected chi connectivity index (χ4v) is 7.89. The van der Waals surface area contributed by atoms with Crippen LogP contribution >= 0.6 is 0 Å². The number of hydrogen-bond donors (Lipinski definition) is 2. The van der Waals surface area contributed by atoms with Crippen LogP contribution in [0.1, 0.15) is 66.7 Å². The van der Waals surface area contributed by atoms with Crippen molar-refractivity contribution in [2.45, 2.75) is 84.4 Å². The molecule has 5 heteroatoms. The van der Waals surface area contributed by atoms with Crippen molar-refractivity contribution in [3.05, 3.63) is 12.2 Å². The largest absolute Gasteiger partial charge is 0.387 e. The summed E-state index contributed by atoms with van der Waals surface area (Å²) in [5.74, 6) is -1.79. The number of ketones is 1. The first-order chi connectivity index (χ1) is 13.4. The summed E-state index contributed by atoms with van der Waals surface area (Å²) in [6.07, 6.45) is 8.05. The number of aliphatic hydroxyl groups is 2. The molecule has 162 valence electrons. The fraction of sp³-hybridized carbons (Fsp3) is 0.875. The zero-order valence-electron chi connectivity index (χ0n) is 18.4. The van der Waals surface area contributed by atoms with Crippen molar-refractivity contribution in [1.29, 1.82) is 0 Å². The first-order valence-corrected chi connectivity index (χ1v) is 11.3. The van der Waals surface area contributed by atoms with Crippen molar-refractivity contribution in [2.75, 3.05) is 6.61 Å². The summed E-state index contributed by atoms with van der Waals surface area (Å²) in [6.45, 7) is 10.2. The molecule has 2 N–H and O–H groups in total. The highest BCUT2D eigenvalue weighted by molar-refractivity contribution is 5.97. The maximum absolute atomic E-state index is 13.7. The molecular weight excluding hydrogens is 368 g/mol. The van der Waals surface area contributed by atoms with E-state index in [4.69, 9.17) is 9.47 Å². The third-order valence-electron chi connectivity index (χ3n) is 8.57. The van der Waals surface area contributed by atoms with Crippen LogP contribution in [0.15, 0.2) is 12.2 Å². The topological polar surface area (TPSA) is 76.0 Å². The van der Waals surface area contributed by atoms with Gasteiger partial charge in [0.15, 0.2) is 5.79 Å². The average Bonchev–Trinajstić information content (AvgIpc) is 3.08. The average molecular weight is 405 g/mol. The van der Waals surface area contributed by atoms with Crippen molar-refractivity contribution in [2.24, 2.45) is 39.9 Å². The van der Waals surface area contributed by atoms with Gasteiger partial charge in [0.25, 0.3) is 0 Å². The molecule has 0 radical (unpaired) electrons. The number of ether oxygens (including phenoxy) is 2. The minimum Gasteiger partial charge on any atom is -0.387 e. The van der Waals surface area contributed by atoms with E-state index in [2.05, 4.69) is 32.9 Å². The van der Waals surface area contributed by atoms with Gasteiger partial charge >= 0.3 is 0 Å². The van der Waals surface area contributed by atoms with E-state index in [1.807, 2.05) is 0 Å². The SMILES string of the molecule is CC(C)(C)C/C=C\[C@]12CO[C@](OC(C)(C)O)([C@@H](O)C1)[C@]13C(=O)C4CCC(C[C@@H]21)[C@@H]43. The molecule has 2 saturated heterocycles. The van der Waals surface area contributed by atoms with Crippen LogP contribution < -0.4 is 0 Å². The van der Waals surface area contributed by atoms with Crippen LogP contribution in [0.4, 0.5) is 0 Å². The Kier molecular flexibility index (Phi) is 3.98. The molecule has 1 spiro atoms. The molecule has 5 nitrogen and oxygen atoms in total. The summed E-state index contributed by atoms with van der Waals surface area (Å²) in [5.41, 5.74) is -0.966. The molecule has 2 heterocycles. The molecule has 2 unspecified atom stereocenters. The van der Waals surface area contributed by atoms with Crippen LogP contribution in [0.3, 0.4) is 0 Å². The minimum absolute atomic E-state index is 0.0815. The Balaban J connectivity index is 1.61. The number of aliphatic hydroxyl groups excluding tert-OH is 1. The highest BCUT2D eigenvalue weighted by Crippen LogP contribution is 2.81. The lowest BCUT2D eigenvalue weighted by Crippen LogP contribution is -2.82. The summed E-state index contributed by atoms with van der Waals surface area (Å²) in [6, 6.07) is 0. The van der Waals surface area contributed by atoms with Gasteiger partial charge in [0.1, 0.15) is 11.9 Å². The molecule has 2 aliphatic heterocycles. The third-order valence-corrected chi connectivity index (χ3v) is 8.57. The first kappa shape index (κ1) is 20.2. The molecule has 6 rings (SSSR count). The Morgan fingerprint density at radius 1 is 1.24 bits per heavy atom. The van der Waals surface area contributed by atoms with Crippen molar-refractivity contribution >= 4 is 5.78 Å². The Hall–Kier alpha value is -0.750. The van der Waals surface area contributed by atoms with Gasteiger partial charge in [-0.3, -0.25) is 4.79 Å². The maximum Gasteiger partial charge on any atom is 0.210 e. The Bertz CT molecular complexity index is 760. The monoisotopic (exact) mass is 404 g/mol. The van der Waals surface area contributed by atoms with E-state index in [1.165, 1.54) is 0 Å². The summed E-state index contributed by atoms with van der Waals surface area (Å²) in [7, 11) is 0. The van der Waals surface area contributed by atoms with Crippen molar-refractivity contribution in [3.8, 4) is 0 Å². The summed E-state index contributed by atoms with van der Waals surface area (Å²) >= 11 is 0. The molecule has 0 aromatic rings. The van der Waals surface area contributed by atoms with E-state index < -0.39 is 23.1 Å². The first-order valence-electron chi connectivity index (χ1n) is 11.3. The Labute approximate surface area is 173 Å². The van der Waals surface area contributed by atoms with E-state index in [1.54, 1.807) is 13.8 Å². The number of allylic oxidation sites excluding steroid dienone is 1. The van der Waals surface area contributed by atoms with Gasteiger partial charge < -0.3 is 19.7 Å². The van der Waals surface area contributed by atoms with Crippen LogP contribution in [0.5, 0.6) is 0 Å². The molecule has 4 aliphatic carbocycles. The van der Waals surface area contributed by atoms with E-state index >= 15 is 0 Å². The summed E-state index contributed by atoms with van der Waals surface area (Å²) in [5, 5.41) is 21.9. The lowest BCUT2D eigenvalue weighted by atomic mass is 9.39. The number of rotatable bonds is 4. The van der Waals surface area contributed by atoms with Gasteiger partial charge in [-0.05, 0) is 69.1 Å². The fourth-order valence-electron chi connectivity index (χ4n) is 7.89. The molecule has 0 amide bonds. The van der Waals surface area contributed by atoms with Crippen molar-refractivity contribution < 1.29 is 24.5 Å². The molecule has 8 atom stereocenters. The predicted octanol–water partition coefficient (Wildman–Crippen LogP) is 3.43. The van der Waals surface area contributed by atoms with Gasteiger partial charge in [0, 0.05) is 11.3 Å². The van der Waals surface area contributed by atoms with Gasteiger partial charge in [0.05, 0.1) is 12.0 Å². The zero-order chi connectivity index (χ0) is 21.0. The van der Waals surface area contributed by atoms with Crippen LogP contribution in [0.25, 0.3) is 0 Å². The van der Waals surface area contributed by atoms with Crippen LogP contribution in [0, 0.1) is 39.9 Å². The van der Waals surface area contributed by atoms with Gasteiger partial charge in [-0.2, -0.15) is 0 Å². The second-order valence-corrected chi connectivity index (χ2v) is 12.1. The molecule has 29 heavy (non-hydrogen) atoms. The number of hydrogen-bond acceptors (Lipinski definition) is 5. The summed E-state index contributed by atoms with van der Waals surface area (Å²) < 4.78 is 12.5. The van der Waals surface area contributed by atoms with Crippen molar-refractivity contribution in [1.82, 2.24) is 0 Å². The van der Waals surface area contributed by atoms with Gasteiger partial charge in [-0.25, -0.2) is 0 Å². The van der Waals surface area contributed by atoms with Crippen LogP contribution in [-0.4, -0.2) is 40.3 Å². The van der Waals surface area contributed by atoms with Crippen LogP contribution in [-0.2, 0) is 14.3 Å². The lowest BCUT2D eigenvalue weighted by Gasteiger charge is -2.71. The zero-order valence-corrected chi connectivity index (χ0v) is 18.4. The normalized spacial score (nSPS) is 50.7. The summed E-state index contributed by atoms with van der Waals surface area (Å²) in [4.78, 5) is 13.7. The van der Waals surface area contributed by atoms with Gasteiger partial charge in [-0.15, -0.1) is 0 Å². The highest BCUT2D eigenvalue weighted by atomic mass is 16.8.